The third-order valence-electron chi connectivity index (χ3n) is 4.79. The van der Waals surface area contributed by atoms with Gasteiger partial charge < -0.3 is 21.1 Å². The third kappa shape index (κ3) is 7.39. The maximum absolute atomic E-state index is 13.1. The number of carbonyl (C=O) groups is 1. The second-order valence-corrected chi connectivity index (χ2v) is 7.13. The average Bonchev–Trinajstić information content (AvgIpc) is 2.73. The SMILES string of the molecule is CCNC(=NCC(Cc1ccc(F)cc1)C(N)=O)NCCc1ccc(C)c(OC)c1. The van der Waals surface area contributed by atoms with E-state index in [1.807, 2.05) is 26.0 Å². The zero-order valence-electron chi connectivity index (χ0n) is 17.9. The van der Waals surface area contributed by atoms with Crippen LogP contribution in [0.1, 0.15) is 23.6 Å². The number of benzene rings is 2. The first-order chi connectivity index (χ1) is 14.4. The number of hydrogen-bond donors (Lipinski definition) is 3. The zero-order valence-corrected chi connectivity index (χ0v) is 17.9. The number of aryl methyl sites for hydroxylation is 1. The number of methoxy groups -OCH3 is 1. The minimum absolute atomic E-state index is 0.250. The molecule has 1 amide bonds. The topological polar surface area (TPSA) is 88.7 Å². The fourth-order valence-corrected chi connectivity index (χ4v) is 3.05. The lowest BCUT2D eigenvalue weighted by Gasteiger charge is -2.15. The Morgan fingerprint density at radius 3 is 2.50 bits per heavy atom. The van der Waals surface area contributed by atoms with Crippen LogP contribution in [0.25, 0.3) is 0 Å². The largest absolute Gasteiger partial charge is 0.496 e. The van der Waals surface area contributed by atoms with E-state index in [1.54, 1.807) is 19.2 Å². The third-order valence-corrected chi connectivity index (χ3v) is 4.79. The summed E-state index contributed by atoms with van der Waals surface area (Å²) < 4.78 is 18.5. The molecule has 0 aromatic heterocycles. The highest BCUT2D eigenvalue weighted by molar-refractivity contribution is 5.81. The normalized spacial score (nSPS) is 12.3. The summed E-state index contributed by atoms with van der Waals surface area (Å²) in [5.41, 5.74) is 8.66. The number of aliphatic imine (C=N–C) groups is 1. The molecule has 0 saturated carbocycles. The van der Waals surface area contributed by atoms with Crippen LogP contribution in [0.15, 0.2) is 47.5 Å². The molecule has 2 rings (SSSR count). The number of nitrogens with two attached hydrogens (primary N) is 1. The van der Waals surface area contributed by atoms with E-state index in [0.717, 1.165) is 28.9 Å². The first-order valence-electron chi connectivity index (χ1n) is 10.1. The Hall–Kier alpha value is -3.09. The predicted molar refractivity (Wildman–Crippen MR) is 118 cm³/mol. The molecule has 0 fully saturated rings. The number of amides is 1. The highest BCUT2D eigenvalue weighted by Gasteiger charge is 2.16. The van der Waals surface area contributed by atoms with Crippen LogP contribution in [0.4, 0.5) is 4.39 Å². The molecule has 4 N–H and O–H groups in total. The monoisotopic (exact) mass is 414 g/mol. The van der Waals surface area contributed by atoms with Crippen LogP contribution in [0, 0.1) is 18.7 Å². The maximum Gasteiger partial charge on any atom is 0.222 e. The number of guanidine groups is 1. The Kier molecular flexibility index (Phi) is 9.12. The smallest absolute Gasteiger partial charge is 0.222 e. The Balaban J connectivity index is 1.95. The van der Waals surface area contributed by atoms with Crippen LogP contribution in [0.2, 0.25) is 0 Å². The lowest BCUT2D eigenvalue weighted by molar-refractivity contribution is -0.121. The number of hydrogen-bond acceptors (Lipinski definition) is 3. The zero-order chi connectivity index (χ0) is 21.9. The number of ether oxygens (including phenoxy) is 1. The fourth-order valence-electron chi connectivity index (χ4n) is 3.05. The molecule has 2 aromatic carbocycles. The Bertz CT molecular complexity index is 853. The molecule has 0 heterocycles. The summed E-state index contributed by atoms with van der Waals surface area (Å²) in [5, 5.41) is 6.46. The maximum atomic E-state index is 13.1. The second kappa shape index (κ2) is 11.8. The second-order valence-electron chi connectivity index (χ2n) is 7.13. The van der Waals surface area contributed by atoms with Crippen molar-refractivity contribution in [3.63, 3.8) is 0 Å². The molecule has 30 heavy (non-hydrogen) atoms. The van der Waals surface area contributed by atoms with Gasteiger partial charge in [0.2, 0.25) is 5.91 Å². The van der Waals surface area contributed by atoms with Crippen LogP contribution >= 0.6 is 0 Å². The molecule has 0 aliphatic carbocycles. The number of primary amides is 1. The first kappa shape index (κ1) is 23.2. The molecule has 1 unspecified atom stereocenters. The van der Waals surface area contributed by atoms with E-state index < -0.39 is 11.8 Å². The van der Waals surface area contributed by atoms with Crippen LogP contribution in [-0.4, -0.2) is 38.6 Å². The van der Waals surface area contributed by atoms with Gasteiger partial charge in [0.1, 0.15) is 11.6 Å². The van der Waals surface area contributed by atoms with Gasteiger partial charge in [-0.25, -0.2) is 4.39 Å². The van der Waals surface area contributed by atoms with E-state index in [0.29, 0.717) is 25.5 Å². The minimum Gasteiger partial charge on any atom is -0.496 e. The van der Waals surface area contributed by atoms with Gasteiger partial charge in [-0.1, -0.05) is 24.3 Å². The van der Waals surface area contributed by atoms with Crippen LogP contribution in [0.3, 0.4) is 0 Å². The van der Waals surface area contributed by atoms with Gasteiger partial charge in [-0.2, -0.15) is 0 Å². The van der Waals surface area contributed by atoms with Gasteiger partial charge >= 0.3 is 0 Å². The molecule has 0 radical (unpaired) electrons. The van der Waals surface area contributed by atoms with Crippen molar-refractivity contribution in [3.8, 4) is 5.75 Å². The minimum atomic E-state index is -0.465. The van der Waals surface area contributed by atoms with Crippen molar-refractivity contribution in [2.45, 2.75) is 26.7 Å². The van der Waals surface area contributed by atoms with Gasteiger partial charge in [0.25, 0.3) is 0 Å². The van der Waals surface area contributed by atoms with Gasteiger partial charge in [0.15, 0.2) is 5.96 Å². The summed E-state index contributed by atoms with van der Waals surface area (Å²) in [4.78, 5) is 16.4. The molecular weight excluding hydrogens is 383 g/mol. The van der Waals surface area contributed by atoms with Gasteiger partial charge in [0.05, 0.1) is 19.6 Å². The van der Waals surface area contributed by atoms with E-state index >= 15 is 0 Å². The van der Waals surface area contributed by atoms with Gasteiger partial charge in [-0.15, -0.1) is 0 Å². The quantitative estimate of drug-likeness (QED) is 0.412. The number of nitrogens with one attached hydrogen (secondary N) is 2. The summed E-state index contributed by atoms with van der Waals surface area (Å²) in [5.74, 6) is 0.301. The summed E-state index contributed by atoms with van der Waals surface area (Å²) >= 11 is 0. The van der Waals surface area contributed by atoms with Crippen molar-refractivity contribution in [2.24, 2.45) is 16.6 Å². The van der Waals surface area contributed by atoms with E-state index in [9.17, 15) is 9.18 Å². The van der Waals surface area contributed by atoms with Crippen molar-refractivity contribution in [1.82, 2.24) is 10.6 Å². The highest BCUT2D eigenvalue weighted by atomic mass is 19.1. The molecule has 0 aliphatic rings. The summed E-state index contributed by atoms with van der Waals surface area (Å²) in [7, 11) is 1.67. The number of rotatable bonds is 10. The van der Waals surface area contributed by atoms with Crippen LogP contribution in [-0.2, 0) is 17.6 Å². The van der Waals surface area contributed by atoms with Crippen LogP contribution in [0.5, 0.6) is 5.75 Å². The Labute approximate surface area is 177 Å². The lowest BCUT2D eigenvalue weighted by atomic mass is 9.99. The first-order valence-corrected chi connectivity index (χ1v) is 10.1. The van der Waals surface area contributed by atoms with E-state index in [-0.39, 0.29) is 12.4 Å². The molecule has 7 heteroatoms. The average molecular weight is 415 g/mol. The Morgan fingerprint density at radius 2 is 1.87 bits per heavy atom. The van der Waals surface area contributed by atoms with E-state index in [4.69, 9.17) is 10.5 Å². The number of carbonyl (C=O) groups excluding carboxylic acids is 1. The molecule has 162 valence electrons. The Morgan fingerprint density at radius 1 is 1.17 bits per heavy atom. The van der Waals surface area contributed by atoms with Crippen molar-refractivity contribution in [2.75, 3.05) is 26.7 Å². The van der Waals surface area contributed by atoms with Crippen molar-refractivity contribution < 1.29 is 13.9 Å². The molecule has 0 saturated heterocycles. The number of halogens is 1. The molecule has 1 atom stereocenters. The standard InChI is InChI=1S/C23H31FN4O2/c1-4-26-23(27-12-11-18-6-5-16(2)21(14-18)30-3)28-15-19(22(25)29)13-17-7-9-20(24)10-8-17/h5-10,14,19H,4,11-13,15H2,1-3H3,(H2,25,29)(H2,26,27,28). The molecule has 0 aliphatic heterocycles. The molecular formula is C23H31FN4O2. The highest BCUT2D eigenvalue weighted by Crippen LogP contribution is 2.19. The van der Waals surface area contributed by atoms with Gasteiger partial charge in [0, 0.05) is 13.1 Å². The van der Waals surface area contributed by atoms with Crippen LogP contribution < -0.4 is 21.1 Å². The molecule has 0 spiro atoms. The lowest BCUT2D eigenvalue weighted by Crippen LogP contribution is -2.39. The fraction of sp³-hybridized carbons (Fsp3) is 0.391. The van der Waals surface area contributed by atoms with E-state index in [1.165, 1.54) is 12.1 Å². The summed E-state index contributed by atoms with van der Waals surface area (Å²) in [6.45, 7) is 5.62. The molecule has 0 bridgehead atoms. The van der Waals surface area contributed by atoms with Gasteiger partial charge in [-0.05, 0) is 61.6 Å². The van der Waals surface area contributed by atoms with Gasteiger partial charge in [-0.3, -0.25) is 9.79 Å². The molecule has 6 nitrogen and oxygen atoms in total. The summed E-state index contributed by atoms with van der Waals surface area (Å²) in [6, 6.07) is 12.2. The summed E-state index contributed by atoms with van der Waals surface area (Å²) in [6.07, 6.45) is 1.22. The predicted octanol–water partition coefficient (Wildman–Crippen LogP) is 2.58. The van der Waals surface area contributed by atoms with Crippen molar-refractivity contribution in [3.05, 3.63) is 65.0 Å². The van der Waals surface area contributed by atoms with Crippen molar-refractivity contribution in [1.29, 1.82) is 0 Å². The molecule has 2 aromatic rings. The number of nitrogens with zero attached hydrogens (tertiary/aromatic N) is 1. The van der Waals surface area contributed by atoms with E-state index in [2.05, 4.69) is 21.7 Å². The van der Waals surface area contributed by atoms with Crippen molar-refractivity contribution >= 4 is 11.9 Å².